The SMILES string of the molecule is CNc1ccc(S(=O)(=O)N(C)C2CCOCC2)cn1. The van der Waals surface area contributed by atoms with Crippen LogP contribution < -0.4 is 5.32 Å². The second kappa shape index (κ2) is 5.85. The van der Waals surface area contributed by atoms with Gasteiger partial charge in [-0.05, 0) is 25.0 Å². The Morgan fingerprint density at radius 3 is 2.58 bits per heavy atom. The molecule has 0 radical (unpaired) electrons. The van der Waals surface area contributed by atoms with E-state index in [1.165, 1.54) is 10.5 Å². The number of aromatic nitrogens is 1. The predicted octanol–water partition coefficient (Wildman–Crippen LogP) is 0.923. The molecule has 7 heteroatoms. The van der Waals surface area contributed by atoms with Crippen LogP contribution in [0, 0.1) is 0 Å². The van der Waals surface area contributed by atoms with Gasteiger partial charge in [-0.2, -0.15) is 4.31 Å². The van der Waals surface area contributed by atoms with E-state index in [9.17, 15) is 8.42 Å². The van der Waals surface area contributed by atoms with Crippen molar-refractivity contribution in [2.45, 2.75) is 23.8 Å². The lowest BCUT2D eigenvalue weighted by Gasteiger charge is -2.30. The summed E-state index contributed by atoms with van der Waals surface area (Å²) in [6.07, 6.45) is 2.85. The summed E-state index contributed by atoms with van der Waals surface area (Å²) < 4.78 is 31.6. The smallest absolute Gasteiger partial charge is 0.244 e. The average molecular weight is 285 g/mol. The van der Waals surface area contributed by atoms with Crippen LogP contribution >= 0.6 is 0 Å². The molecule has 0 spiro atoms. The number of pyridine rings is 1. The van der Waals surface area contributed by atoms with E-state index in [4.69, 9.17) is 4.74 Å². The zero-order valence-electron chi connectivity index (χ0n) is 11.2. The molecule has 106 valence electrons. The van der Waals surface area contributed by atoms with Gasteiger partial charge in [0.2, 0.25) is 10.0 Å². The molecule has 1 aromatic rings. The summed E-state index contributed by atoms with van der Waals surface area (Å²) in [4.78, 5) is 4.27. The number of ether oxygens (including phenoxy) is 1. The van der Waals surface area contributed by atoms with Gasteiger partial charge < -0.3 is 10.1 Å². The topological polar surface area (TPSA) is 71.5 Å². The van der Waals surface area contributed by atoms with Gasteiger partial charge in [-0.25, -0.2) is 13.4 Å². The van der Waals surface area contributed by atoms with Crippen molar-refractivity contribution in [3.05, 3.63) is 18.3 Å². The van der Waals surface area contributed by atoms with Crippen molar-refractivity contribution in [3.8, 4) is 0 Å². The van der Waals surface area contributed by atoms with E-state index in [1.807, 2.05) is 0 Å². The predicted molar refractivity (Wildman–Crippen MR) is 72.6 cm³/mol. The summed E-state index contributed by atoms with van der Waals surface area (Å²) in [6, 6.07) is 3.23. The number of hydrogen-bond acceptors (Lipinski definition) is 5. The maximum absolute atomic E-state index is 12.5. The molecule has 0 bridgehead atoms. The first-order valence-corrected chi connectivity index (χ1v) is 7.69. The van der Waals surface area contributed by atoms with E-state index in [0.29, 0.717) is 19.0 Å². The molecule has 0 unspecified atom stereocenters. The number of sulfonamides is 1. The second-order valence-corrected chi connectivity index (χ2v) is 6.49. The molecule has 0 saturated carbocycles. The Bertz CT molecular complexity index is 510. The average Bonchev–Trinajstić information content (AvgIpc) is 2.47. The highest BCUT2D eigenvalue weighted by Crippen LogP contribution is 2.21. The quantitative estimate of drug-likeness (QED) is 0.891. The number of rotatable bonds is 4. The van der Waals surface area contributed by atoms with Gasteiger partial charge in [0, 0.05) is 39.5 Å². The van der Waals surface area contributed by atoms with Crippen LogP contribution in [0.4, 0.5) is 5.82 Å². The van der Waals surface area contributed by atoms with Gasteiger partial charge in [0.25, 0.3) is 0 Å². The van der Waals surface area contributed by atoms with Crippen molar-refractivity contribution in [2.24, 2.45) is 0 Å². The first-order valence-electron chi connectivity index (χ1n) is 6.25. The van der Waals surface area contributed by atoms with Crippen LogP contribution in [0.25, 0.3) is 0 Å². The number of anilines is 1. The lowest BCUT2D eigenvalue weighted by atomic mass is 10.1. The molecule has 0 aromatic carbocycles. The minimum atomic E-state index is -3.48. The molecule has 1 N–H and O–H groups in total. The number of nitrogens with zero attached hydrogens (tertiary/aromatic N) is 2. The summed E-state index contributed by atoms with van der Waals surface area (Å²) >= 11 is 0. The van der Waals surface area contributed by atoms with E-state index in [1.54, 1.807) is 26.2 Å². The Morgan fingerprint density at radius 1 is 1.37 bits per heavy atom. The summed E-state index contributed by atoms with van der Waals surface area (Å²) in [5.74, 6) is 0.646. The van der Waals surface area contributed by atoms with Crippen LogP contribution in [0.3, 0.4) is 0 Å². The van der Waals surface area contributed by atoms with Crippen molar-refractivity contribution < 1.29 is 13.2 Å². The van der Waals surface area contributed by atoms with E-state index in [-0.39, 0.29) is 10.9 Å². The van der Waals surface area contributed by atoms with Crippen molar-refractivity contribution in [3.63, 3.8) is 0 Å². The molecule has 0 amide bonds. The molecule has 1 aliphatic heterocycles. The van der Waals surface area contributed by atoms with Crippen LogP contribution in [0.1, 0.15) is 12.8 Å². The first-order chi connectivity index (χ1) is 9.05. The van der Waals surface area contributed by atoms with Crippen LogP contribution in [0.2, 0.25) is 0 Å². The molecule has 6 nitrogen and oxygen atoms in total. The molecule has 1 saturated heterocycles. The molecule has 2 heterocycles. The number of nitrogens with one attached hydrogen (secondary N) is 1. The Kier molecular flexibility index (Phi) is 4.38. The van der Waals surface area contributed by atoms with E-state index >= 15 is 0 Å². The maximum atomic E-state index is 12.5. The van der Waals surface area contributed by atoms with E-state index < -0.39 is 10.0 Å². The highest BCUT2D eigenvalue weighted by atomic mass is 32.2. The molecule has 0 aliphatic carbocycles. The van der Waals surface area contributed by atoms with E-state index in [0.717, 1.165) is 12.8 Å². The van der Waals surface area contributed by atoms with Crippen molar-refractivity contribution in [1.29, 1.82) is 0 Å². The van der Waals surface area contributed by atoms with E-state index in [2.05, 4.69) is 10.3 Å². The minimum Gasteiger partial charge on any atom is -0.381 e. The normalized spacial score (nSPS) is 17.6. The highest BCUT2D eigenvalue weighted by Gasteiger charge is 2.29. The molecule has 1 aromatic heterocycles. The largest absolute Gasteiger partial charge is 0.381 e. The lowest BCUT2D eigenvalue weighted by molar-refractivity contribution is 0.0632. The Labute approximate surface area is 113 Å². The van der Waals surface area contributed by atoms with Crippen LogP contribution in [0.15, 0.2) is 23.2 Å². The molecule has 0 atom stereocenters. The monoisotopic (exact) mass is 285 g/mol. The molecule has 1 fully saturated rings. The van der Waals surface area contributed by atoms with Crippen LogP contribution in [-0.4, -0.2) is 51.1 Å². The van der Waals surface area contributed by atoms with Crippen LogP contribution in [0.5, 0.6) is 0 Å². The Hall–Kier alpha value is -1.18. The second-order valence-electron chi connectivity index (χ2n) is 4.49. The fourth-order valence-electron chi connectivity index (χ4n) is 2.09. The maximum Gasteiger partial charge on any atom is 0.244 e. The van der Waals surface area contributed by atoms with Gasteiger partial charge in [0.15, 0.2) is 0 Å². The van der Waals surface area contributed by atoms with Gasteiger partial charge in [-0.1, -0.05) is 0 Å². The van der Waals surface area contributed by atoms with Gasteiger partial charge in [-0.3, -0.25) is 0 Å². The zero-order valence-corrected chi connectivity index (χ0v) is 12.0. The minimum absolute atomic E-state index is 0.00252. The summed E-state index contributed by atoms with van der Waals surface area (Å²) in [6.45, 7) is 1.23. The third-order valence-corrected chi connectivity index (χ3v) is 5.27. The fourth-order valence-corrected chi connectivity index (χ4v) is 3.45. The van der Waals surface area contributed by atoms with Crippen molar-refractivity contribution in [1.82, 2.24) is 9.29 Å². The summed E-state index contributed by atoms with van der Waals surface area (Å²) in [5, 5.41) is 2.86. The van der Waals surface area contributed by atoms with Gasteiger partial charge in [-0.15, -0.1) is 0 Å². The molecule has 19 heavy (non-hydrogen) atoms. The number of hydrogen-bond donors (Lipinski definition) is 1. The molecular weight excluding hydrogens is 266 g/mol. The van der Waals surface area contributed by atoms with Crippen molar-refractivity contribution >= 4 is 15.8 Å². The van der Waals surface area contributed by atoms with Gasteiger partial charge in [0.05, 0.1) is 0 Å². The fraction of sp³-hybridized carbons (Fsp3) is 0.583. The summed E-state index contributed by atoms with van der Waals surface area (Å²) in [7, 11) is -0.113. The van der Waals surface area contributed by atoms with Crippen molar-refractivity contribution in [2.75, 3.05) is 32.6 Å². The third-order valence-electron chi connectivity index (χ3n) is 3.37. The molecule has 2 rings (SSSR count). The highest BCUT2D eigenvalue weighted by molar-refractivity contribution is 7.89. The molecular formula is C12H19N3O3S. The summed E-state index contributed by atoms with van der Waals surface area (Å²) in [5.41, 5.74) is 0. The third kappa shape index (κ3) is 3.05. The zero-order chi connectivity index (χ0) is 13.9. The first kappa shape index (κ1) is 14.2. The Balaban J connectivity index is 2.19. The standard InChI is InChI=1S/C12H19N3O3S/c1-13-12-4-3-11(9-14-12)19(16,17)15(2)10-5-7-18-8-6-10/h3-4,9-10H,5-8H2,1-2H3,(H,13,14). The molecule has 1 aliphatic rings. The lowest BCUT2D eigenvalue weighted by Crippen LogP contribution is -2.40. The van der Waals surface area contributed by atoms with Crippen LogP contribution in [-0.2, 0) is 14.8 Å². The van der Waals surface area contributed by atoms with Gasteiger partial charge >= 0.3 is 0 Å². The Morgan fingerprint density at radius 2 is 2.05 bits per heavy atom. The van der Waals surface area contributed by atoms with Gasteiger partial charge in [0.1, 0.15) is 10.7 Å².